The summed E-state index contributed by atoms with van der Waals surface area (Å²) in [5, 5.41) is 6.91. The molecule has 0 aromatic carbocycles. The minimum Gasteiger partial charge on any atom is -0.434 e. The first-order valence-corrected chi connectivity index (χ1v) is 5.14. The molecule has 0 aliphatic heterocycles. The molecule has 0 aromatic rings. The summed E-state index contributed by atoms with van der Waals surface area (Å²) < 4.78 is 36.5. The number of hydrogen-bond donors (Lipinski definition) is 1. The molecule has 0 heterocycles. The highest BCUT2D eigenvalue weighted by Gasteiger charge is 2.23. The maximum Gasteiger partial charge on any atom is 0.519 e. The standard InChI is InChI=1S/C10H15F2NO5/c1-10(2,6-13)18-9(15)17-8(14)16-5-3-4-7(11)12/h6-7,13H,3-5H2,1-2H3. The Morgan fingerprint density at radius 2 is 1.94 bits per heavy atom. The van der Waals surface area contributed by atoms with Crippen molar-refractivity contribution in [2.24, 2.45) is 0 Å². The second kappa shape index (κ2) is 7.57. The first kappa shape index (κ1) is 16.3. The van der Waals surface area contributed by atoms with E-state index >= 15 is 0 Å². The molecule has 0 aromatic heterocycles. The van der Waals surface area contributed by atoms with Crippen LogP contribution >= 0.6 is 0 Å². The fourth-order valence-electron chi connectivity index (χ4n) is 0.756. The van der Waals surface area contributed by atoms with Gasteiger partial charge >= 0.3 is 12.3 Å². The fourth-order valence-corrected chi connectivity index (χ4v) is 0.756. The molecule has 0 unspecified atom stereocenters. The van der Waals surface area contributed by atoms with Crippen LogP contribution < -0.4 is 0 Å². The monoisotopic (exact) mass is 267 g/mol. The average molecular weight is 267 g/mol. The summed E-state index contributed by atoms with van der Waals surface area (Å²) in [4.78, 5) is 21.9. The normalized spacial score (nSPS) is 10.9. The fraction of sp³-hybridized carbons (Fsp3) is 0.700. The van der Waals surface area contributed by atoms with Crippen molar-refractivity contribution in [1.82, 2.24) is 0 Å². The Hall–Kier alpha value is -1.73. The van der Waals surface area contributed by atoms with Crippen LogP contribution in [0.25, 0.3) is 0 Å². The van der Waals surface area contributed by atoms with Gasteiger partial charge in [-0.1, -0.05) is 0 Å². The van der Waals surface area contributed by atoms with Gasteiger partial charge in [0.1, 0.15) is 5.60 Å². The molecule has 0 aliphatic rings. The molecule has 0 saturated heterocycles. The minimum absolute atomic E-state index is 0.0339. The van der Waals surface area contributed by atoms with E-state index in [9.17, 15) is 18.4 Å². The van der Waals surface area contributed by atoms with Gasteiger partial charge in [0.25, 0.3) is 0 Å². The Bertz CT molecular complexity index is 307. The number of rotatable bonds is 6. The highest BCUT2D eigenvalue weighted by Crippen LogP contribution is 2.07. The second-order valence-electron chi connectivity index (χ2n) is 3.83. The number of halogens is 2. The number of ether oxygens (including phenoxy) is 3. The van der Waals surface area contributed by atoms with E-state index in [1.165, 1.54) is 13.8 Å². The van der Waals surface area contributed by atoms with Gasteiger partial charge in [0.05, 0.1) is 6.61 Å². The number of alkyl halides is 2. The van der Waals surface area contributed by atoms with Gasteiger partial charge in [0.15, 0.2) is 0 Å². The van der Waals surface area contributed by atoms with Gasteiger partial charge in [-0.3, -0.25) is 0 Å². The zero-order valence-corrected chi connectivity index (χ0v) is 10.1. The van der Waals surface area contributed by atoms with Crippen LogP contribution in [0.3, 0.4) is 0 Å². The molecule has 0 saturated carbocycles. The third kappa shape index (κ3) is 8.43. The summed E-state index contributed by atoms with van der Waals surface area (Å²) in [6.45, 7) is 2.55. The van der Waals surface area contributed by atoms with Crippen LogP contribution in [0.1, 0.15) is 26.7 Å². The third-order valence-corrected chi connectivity index (χ3v) is 1.65. The summed E-state index contributed by atoms with van der Waals surface area (Å²) in [6, 6.07) is 0. The molecule has 0 aliphatic carbocycles. The Morgan fingerprint density at radius 3 is 2.44 bits per heavy atom. The lowest BCUT2D eigenvalue weighted by atomic mass is 10.2. The van der Waals surface area contributed by atoms with Crippen molar-refractivity contribution in [1.29, 1.82) is 5.41 Å². The molecule has 0 amide bonds. The Balaban J connectivity index is 3.81. The summed E-state index contributed by atoms with van der Waals surface area (Å²) >= 11 is 0. The molecular weight excluding hydrogens is 252 g/mol. The SMILES string of the molecule is CC(C)(C=N)OC(=O)OC(=O)OCCCC(F)F. The van der Waals surface area contributed by atoms with Gasteiger partial charge in [-0.2, -0.15) is 0 Å². The van der Waals surface area contributed by atoms with Crippen molar-refractivity contribution in [3.8, 4) is 0 Å². The Morgan fingerprint density at radius 1 is 1.33 bits per heavy atom. The Kier molecular flexibility index (Phi) is 6.84. The van der Waals surface area contributed by atoms with Gasteiger partial charge in [-0.05, 0) is 20.3 Å². The molecule has 1 N–H and O–H groups in total. The number of carbonyl (C=O) groups excluding carboxylic acids is 2. The first-order chi connectivity index (χ1) is 8.26. The van der Waals surface area contributed by atoms with Crippen LogP contribution in [-0.4, -0.2) is 37.2 Å². The molecular formula is C10H15F2NO5. The van der Waals surface area contributed by atoms with Crippen LogP contribution in [0.5, 0.6) is 0 Å². The molecule has 0 rings (SSSR count). The highest BCUT2D eigenvalue weighted by atomic mass is 19.3. The van der Waals surface area contributed by atoms with Crippen LogP contribution in [0.15, 0.2) is 0 Å². The quantitative estimate of drug-likeness (QED) is 0.346. The van der Waals surface area contributed by atoms with Crippen LogP contribution in [-0.2, 0) is 14.2 Å². The van der Waals surface area contributed by atoms with Crippen LogP contribution in [0, 0.1) is 5.41 Å². The maximum atomic E-state index is 11.7. The van der Waals surface area contributed by atoms with Gasteiger partial charge < -0.3 is 19.6 Å². The predicted octanol–water partition coefficient (Wildman–Crippen LogP) is 2.75. The zero-order chi connectivity index (χ0) is 14.2. The summed E-state index contributed by atoms with van der Waals surface area (Å²) in [7, 11) is 0. The molecule has 0 bridgehead atoms. The van der Waals surface area contributed by atoms with Crippen molar-refractivity contribution in [3.05, 3.63) is 0 Å². The van der Waals surface area contributed by atoms with Crippen molar-refractivity contribution < 1.29 is 32.6 Å². The third-order valence-electron chi connectivity index (χ3n) is 1.65. The van der Waals surface area contributed by atoms with Crippen LogP contribution in [0.4, 0.5) is 18.4 Å². The van der Waals surface area contributed by atoms with Gasteiger partial charge in [0, 0.05) is 12.6 Å². The van der Waals surface area contributed by atoms with E-state index in [1.54, 1.807) is 0 Å². The minimum atomic E-state index is -2.47. The van der Waals surface area contributed by atoms with Crippen molar-refractivity contribution >= 4 is 18.5 Å². The second-order valence-corrected chi connectivity index (χ2v) is 3.83. The predicted molar refractivity (Wildman–Crippen MR) is 57.0 cm³/mol. The smallest absolute Gasteiger partial charge is 0.434 e. The van der Waals surface area contributed by atoms with Crippen molar-refractivity contribution in [2.45, 2.75) is 38.7 Å². The van der Waals surface area contributed by atoms with Crippen molar-refractivity contribution in [2.75, 3.05) is 6.61 Å². The van der Waals surface area contributed by atoms with E-state index < -0.39 is 30.8 Å². The lowest BCUT2D eigenvalue weighted by Crippen LogP contribution is -2.30. The van der Waals surface area contributed by atoms with Crippen LogP contribution in [0.2, 0.25) is 0 Å². The average Bonchev–Trinajstić information content (AvgIpc) is 2.23. The van der Waals surface area contributed by atoms with Gasteiger partial charge in [-0.25, -0.2) is 18.4 Å². The lowest BCUT2D eigenvalue weighted by molar-refractivity contribution is 0.00870. The van der Waals surface area contributed by atoms with E-state index in [0.29, 0.717) is 0 Å². The van der Waals surface area contributed by atoms with E-state index in [-0.39, 0.29) is 13.0 Å². The van der Waals surface area contributed by atoms with Gasteiger partial charge in [0.2, 0.25) is 6.43 Å². The molecule has 0 fully saturated rings. The molecule has 8 heteroatoms. The van der Waals surface area contributed by atoms with Gasteiger partial charge in [-0.15, -0.1) is 0 Å². The van der Waals surface area contributed by atoms with E-state index in [2.05, 4.69) is 14.2 Å². The molecule has 6 nitrogen and oxygen atoms in total. The highest BCUT2D eigenvalue weighted by molar-refractivity contribution is 5.79. The summed E-state index contributed by atoms with van der Waals surface area (Å²) in [6.07, 6.45) is -4.70. The molecule has 0 atom stereocenters. The topological polar surface area (TPSA) is 85.7 Å². The lowest BCUT2D eigenvalue weighted by Gasteiger charge is -2.18. The summed E-state index contributed by atoms with van der Waals surface area (Å²) in [5.74, 6) is 0. The number of carbonyl (C=O) groups is 2. The van der Waals surface area contributed by atoms with E-state index in [1.807, 2.05) is 0 Å². The zero-order valence-electron chi connectivity index (χ0n) is 10.1. The van der Waals surface area contributed by atoms with E-state index in [0.717, 1.165) is 6.21 Å². The Labute approximate surface area is 103 Å². The molecule has 18 heavy (non-hydrogen) atoms. The largest absolute Gasteiger partial charge is 0.519 e. The number of nitrogens with one attached hydrogen (secondary N) is 1. The maximum absolute atomic E-state index is 11.7. The number of hydrogen-bond acceptors (Lipinski definition) is 6. The summed E-state index contributed by atoms with van der Waals surface area (Å²) in [5.41, 5.74) is -1.20. The molecule has 104 valence electrons. The molecule has 0 spiro atoms. The first-order valence-electron chi connectivity index (χ1n) is 5.14. The van der Waals surface area contributed by atoms with Crippen molar-refractivity contribution in [3.63, 3.8) is 0 Å². The van der Waals surface area contributed by atoms with E-state index in [4.69, 9.17) is 5.41 Å². The molecule has 0 radical (unpaired) electrons.